The standard InChI is InChI=1S/C19H22O6/c1-22-16-10-14(11-17(23-2)18(16)24-3)15(20)9-12-5-7-13(8-6-12)19(21)25-4/h5-8,10-11,15,20H,9H2,1-4H3. The molecule has 0 aliphatic rings. The molecule has 0 bridgehead atoms. The Bertz CT molecular complexity index is 698. The molecule has 1 atom stereocenters. The van der Waals surface area contributed by atoms with Crippen LogP contribution in [0, 0.1) is 0 Å². The van der Waals surface area contributed by atoms with E-state index in [0.717, 1.165) is 5.56 Å². The van der Waals surface area contributed by atoms with Gasteiger partial charge in [-0.15, -0.1) is 0 Å². The maximum Gasteiger partial charge on any atom is 0.337 e. The molecule has 25 heavy (non-hydrogen) atoms. The molecule has 2 rings (SSSR count). The zero-order valence-corrected chi connectivity index (χ0v) is 14.7. The van der Waals surface area contributed by atoms with Crippen molar-refractivity contribution in [2.24, 2.45) is 0 Å². The minimum atomic E-state index is -0.766. The summed E-state index contributed by atoms with van der Waals surface area (Å²) in [7, 11) is 5.92. The molecule has 1 N–H and O–H groups in total. The summed E-state index contributed by atoms with van der Waals surface area (Å²) in [5, 5.41) is 10.6. The van der Waals surface area contributed by atoms with Crippen LogP contribution in [0.15, 0.2) is 36.4 Å². The molecule has 2 aromatic carbocycles. The van der Waals surface area contributed by atoms with E-state index in [2.05, 4.69) is 4.74 Å². The van der Waals surface area contributed by atoms with E-state index >= 15 is 0 Å². The van der Waals surface area contributed by atoms with Crippen LogP contribution in [-0.4, -0.2) is 39.5 Å². The van der Waals surface area contributed by atoms with Gasteiger partial charge in [-0.2, -0.15) is 0 Å². The summed E-state index contributed by atoms with van der Waals surface area (Å²) in [5.74, 6) is 1.05. The average molecular weight is 346 g/mol. The zero-order valence-electron chi connectivity index (χ0n) is 14.7. The van der Waals surface area contributed by atoms with Crippen molar-refractivity contribution >= 4 is 5.97 Å². The van der Waals surface area contributed by atoms with Gasteiger partial charge in [0.15, 0.2) is 11.5 Å². The number of esters is 1. The van der Waals surface area contributed by atoms with Crippen LogP contribution >= 0.6 is 0 Å². The molecule has 0 amide bonds. The van der Waals surface area contributed by atoms with Gasteiger partial charge in [0.1, 0.15) is 0 Å². The van der Waals surface area contributed by atoms with Crippen LogP contribution in [0.2, 0.25) is 0 Å². The Labute approximate surface area is 146 Å². The molecule has 2 aromatic rings. The second kappa shape index (κ2) is 8.39. The zero-order chi connectivity index (χ0) is 18.4. The van der Waals surface area contributed by atoms with Gasteiger partial charge in [-0.25, -0.2) is 4.79 Å². The van der Waals surface area contributed by atoms with Crippen molar-refractivity contribution in [3.8, 4) is 17.2 Å². The third-order valence-corrected chi connectivity index (χ3v) is 3.88. The number of rotatable bonds is 7. The van der Waals surface area contributed by atoms with Gasteiger partial charge < -0.3 is 24.1 Å². The fourth-order valence-corrected chi connectivity index (χ4v) is 2.53. The highest BCUT2D eigenvalue weighted by molar-refractivity contribution is 5.89. The van der Waals surface area contributed by atoms with Crippen molar-refractivity contribution < 1.29 is 28.8 Å². The lowest BCUT2D eigenvalue weighted by Gasteiger charge is -2.17. The molecule has 0 spiro atoms. The van der Waals surface area contributed by atoms with Crippen LogP contribution in [0.25, 0.3) is 0 Å². The van der Waals surface area contributed by atoms with Crippen molar-refractivity contribution in [1.82, 2.24) is 0 Å². The molecule has 0 radical (unpaired) electrons. The van der Waals surface area contributed by atoms with Gasteiger partial charge in [-0.3, -0.25) is 0 Å². The summed E-state index contributed by atoms with van der Waals surface area (Å²) in [4.78, 5) is 11.5. The van der Waals surface area contributed by atoms with E-state index < -0.39 is 12.1 Å². The molecule has 0 aliphatic heterocycles. The van der Waals surface area contributed by atoms with Gasteiger partial charge in [-0.05, 0) is 35.4 Å². The highest BCUT2D eigenvalue weighted by Crippen LogP contribution is 2.40. The van der Waals surface area contributed by atoms with Gasteiger partial charge >= 0.3 is 5.97 Å². The Hall–Kier alpha value is -2.73. The number of aliphatic hydroxyl groups excluding tert-OH is 1. The van der Waals surface area contributed by atoms with E-state index in [1.165, 1.54) is 28.4 Å². The van der Waals surface area contributed by atoms with E-state index in [1.54, 1.807) is 36.4 Å². The van der Waals surface area contributed by atoms with Crippen LogP contribution in [0.3, 0.4) is 0 Å². The first-order valence-corrected chi connectivity index (χ1v) is 7.69. The highest BCUT2D eigenvalue weighted by atomic mass is 16.5. The second-order valence-electron chi connectivity index (χ2n) is 5.37. The normalized spacial score (nSPS) is 11.6. The quantitative estimate of drug-likeness (QED) is 0.777. The predicted octanol–water partition coefficient (Wildman–Crippen LogP) is 2.78. The SMILES string of the molecule is COC(=O)c1ccc(CC(O)c2cc(OC)c(OC)c(OC)c2)cc1. The van der Waals surface area contributed by atoms with Gasteiger partial charge in [0.25, 0.3) is 0 Å². The molecular formula is C19H22O6. The predicted molar refractivity (Wildman–Crippen MR) is 92.5 cm³/mol. The first-order valence-electron chi connectivity index (χ1n) is 7.69. The van der Waals surface area contributed by atoms with Crippen molar-refractivity contribution in [3.05, 3.63) is 53.1 Å². The van der Waals surface area contributed by atoms with E-state index in [0.29, 0.717) is 34.8 Å². The molecule has 0 aromatic heterocycles. The van der Waals surface area contributed by atoms with Crippen molar-refractivity contribution in [1.29, 1.82) is 0 Å². The average Bonchev–Trinajstić information content (AvgIpc) is 2.66. The Morgan fingerprint density at radius 2 is 1.52 bits per heavy atom. The molecule has 6 nitrogen and oxygen atoms in total. The third kappa shape index (κ3) is 4.22. The molecule has 0 fully saturated rings. The minimum absolute atomic E-state index is 0.375. The summed E-state index contributed by atoms with van der Waals surface area (Å²) in [5.41, 5.74) is 1.99. The molecule has 134 valence electrons. The number of benzene rings is 2. The summed E-state index contributed by atoms with van der Waals surface area (Å²) in [6.07, 6.45) is -0.391. The van der Waals surface area contributed by atoms with E-state index in [-0.39, 0.29) is 0 Å². The van der Waals surface area contributed by atoms with Crippen LogP contribution < -0.4 is 14.2 Å². The van der Waals surface area contributed by atoms with Gasteiger partial charge in [0.05, 0.1) is 40.1 Å². The molecular weight excluding hydrogens is 324 g/mol. The highest BCUT2D eigenvalue weighted by Gasteiger charge is 2.18. The minimum Gasteiger partial charge on any atom is -0.493 e. The van der Waals surface area contributed by atoms with Crippen LogP contribution in [0.5, 0.6) is 17.2 Å². The lowest BCUT2D eigenvalue weighted by atomic mass is 9.99. The summed E-state index contributed by atoms with van der Waals surface area (Å²) in [6, 6.07) is 10.3. The number of hydrogen-bond donors (Lipinski definition) is 1. The Kier molecular flexibility index (Phi) is 6.25. The Morgan fingerprint density at radius 1 is 0.960 bits per heavy atom. The summed E-state index contributed by atoms with van der Waals surface area (Å²) >= 11 is 0. The smallest absolute Gasteiger partial charge is 0.337 e. The largest absolute Gasteiger partial charge is 0.493 e. The first-order chi connectivity index (χ1) is 12.0. The van der Waals surface area contributed by atoms with Gasteiger partial charge in [0, 0.05) is 6.42 Å². The van der Waals surface area contributed by atoms with E-state index in [4.69, 9.17) is 14.2 Å². The number of carbonyl (C=O) groups is 1. The fourth-order valence-electron chi connectivity index (χ4n) is 2.53. The third-order valence-electron chi connectivity index (χ3n) is 3.88. The van der Waals surface area contributed by atoms with Crippen LogP contribution in [0.1, 0.15) is 27.6 Å². The van der Waals surface area contributed by atoms with Crippen molar-refractivity contribution in [2.45, 2.75) is 12.5 Å². The number of hydrogen-bond acceptors (Lipinski definition) is 6. The fraction of sp³-hybridized carbons (Fsp3) is 0.316. The summed E-state index contributed by atoms with van der Waals surface area (Å²) < 4.78 is 20.6. The lowest BCUT2D eigenvalue weighted by molar-refractivity contribution is 0.0600. The maximum atomic E-state index is 11.5. The maximum absolute atomic E-state index is 11.5. The molecule has 0 aliphatic carbocycles. The summed E-state index contributed by atoms with van der Waals surface area (Å²) in [6.45, 7) is 0. The number of aliphatic hydroxyl groups is 1. The molecule has 0 heterocycles. The van der Waals surface area contributed by atoms with E-state index in [1.807, 2.05) is 0 Å². The van der Waals surface area contributed by atoms with Gasteiger partial charge in [0.2, 0.25) is 5.75 Å². The van der Waals surface area contributed by atoms with Crippen molar-refractivity contribution in [3.63, 3.8) is 0 Å². The molecule has 6 heteroatoms. The Morgan fingerprint density at radius 3 is 1.96 bits per heavy atom. The molecule has 0 saturated heterocycles. The van der Waals surface area contributed by atoms with E-state index in [9.17, 15) is 9.90 Å². The molecule has 0 saturated carbocycles. The van der Waals surface area contributed by atoms with Crippen LogP contribution in [-0.2, 0) is 11.2 Å². The topological polar surface area (TPSA) is 74.2 Å². The van der Waals surface area contributed by atoms with Crippen molar-refractivity contribution in [2.75, 3.05) is 28.4 Å². The van der Waals surface area contributed by atoms with Crippen LogP contribution in [0.4, 0.5) is 0 Å². The number of ether oxygens (including phenoxy) is 4. The number of methoxy groups -OCH3 is 4. The lowest BCUT2D eigenvalue weighted by Crippen LogP contribution is -2.05. The number of carbonyl (C=O) groups excluding carboxylic acids is 1. The monoisotopic (exact) mass is 346 g/mol. The Balaban J connectivity index is 2.23. The molecule has 1 unspecified atom stereocenters. The first kappa shape index (κ1) is 18.6. The van der Waals surface area contributed by atoms with Gasteiger partial charge in [-0.1, -0.05) is 12.1 Å². The second-order valence-corrected chi connectivity index (χ2v) is 5.37.